The fourth-order valence-electron chi connectivity index (χ4n) is 3.51. The molecule has 0 spiro atoms. The predicted molar refractivity (Wildman–Crippen MR) is 60.1 cm³/mol. The molecule has 1 aliphatic heterocycles. The normalized spacial score (nSPS) is 43.6. The minimum atomic E-state index is -0.831. The lowest BCUT2D eigenvalue weighted by molar-refractivity contribution is -0.142. The summed E-state index contributed by atoms with van der Waals surface area (Å²) in [5.74, 6) is -0.935. The van der Waals surface area contributed by atoms with Crippen molar-refractivity contribution < 1.29 is 14.7 Å². The Bertz CT molecular complexity index is 371. The van der Waals surface area contributed by atoms with E-state index in [9.17, 15) is 9.59 Å². The number of amides is 1. The zero-order chi connectivity index (χ0) is 12.2. The van der Waals surface area contributed by atoms with E-state index in [4.69, 9.17) is 10.8 Å². The van der Waals surface area contributed by atoms with Crippen LogP contribution in [0.3, 0.4) is 0 Å². The minimum Gasteiger partial charge on any atom is -0.481 e. The molecule has 5 heteroatoms. The first-order valence-corrected chi connectivity index (χ1v) is 6.35. The molecule has 17 heavy (non-hydrogen) atoms. The Morgan fingerprint density at radius 2 is 1.88 bits per heavy atom. The largest absolute Gasteiger partial charge is 0.481 e. The molecule has 1 amide bonds. The fraction of sp³-hybridized carbons (Fsp3) is 0.833. The molecule has 5 atom stereocenters. The molecule has 2 aliphatic carbocycles. The maximum absolute atomic E-state index is 12.2. The summed E-state index contributed by atoms with van der Waals surface area (Å²) in [6.07, 6.45) is 3.47. The van der Waals surface area contributed by atoms with Crippen molar-refractivity contribution in [2.24, 2.45) is 23.5 Å². The van der Waals surface area contributed by atoms with Gasteiger partial charge in [0, 0.05) is 18.6 Å². The second kappa shape index (κ2) is 3.70. The highest BCUT2D eigenvalue weighted by Crippen LogP contribution is 2.43. The third-order valence-corrected chi connectivity index (χ3v) is 4.42. The molecule has 3 N–H and O–H groups in total. The van der Waals surface area contributed by atoms with Crippen LogP contribution in [-0.2, 0) is 9.59 Å². The minimum absolute atomic E-state index is 0.0546. The topological polar surface area (TPSA) is 83.6 Å². The number of nitrogens with zero attached hydrogens (tertiary/aromatic N) is 1. The highest BCUT2D eigenvalue weighted by molar-refractivity contribution is 5.89. The van der Waals surface area contributed by atoms with Crippen LogP contribution in [0.15, 0.2) is 0 Å². The van der Waals surface area contributed by atoms with Crippen LogP contribution in [0.5, 0.6) is 0 Å². The lowest BCUT2D eigenvalue weighted by atomic mass is 9.87. The van der Waals surface area contributed by atoms with E-state index in [2.05, 4.69) is 0 Å². The molecule has 0 aromatic carbocycles. The van der Waals surface area contributed by atoms with Crippen molar-refractivity contribution in [1.29, 1.82) is 0 Å². The van der Waals surface area contributed by atoms with Crippen LogP contribution in [0.4, 0.5) is 0 Å². The summed E-state index contributed by atoms with van der Waals surface area (Å²) in [6.45, 7) is 0.792. The van der Waals surface area contributed by atoms with Crippen molar-refractivity contribution in [3.8, 4) is 0 Å². The lowest BCUT2D eigenvalue weighted by Gasteiger charge is -2.27. The Hall–Kier alpha value is -1.10. The summed E-state index contributed by atoms with van der Waals surface area (Å²) >= 11 is 0. The van der Waals surface area contributed by atoms with Crippen LogP contribution in [-0.4, -0.2) is 40.5 Å². The molecule has 0 aromatic rings. The summed E-state index contributed by atoms with van der Waals surface area (Å²) in [4.78, 5) is 24.9. The summed E-state index contributed by atoms with van der Waals surface area (Å²) < 4.78 is 0. The Labute approximate surface area is 100.0 Å². The Kier molecular flexibility index (Phi) is 2.40. The molecule has 3 aliphatic rings. The second-order valence-electron chi connectivity index (χ2n) is 5.76. The average Bonchev–Trinajstić information content (AvgIpc) is 2.99. The number of fused-ring (bicyclic) bond motifs is 2. The van der Waals surface area contributed by atoms with E-state index in [1.54, 1.807) is 0 Å². The van der Waals surface area contributed by atoms with E-state index >= 15 is 0 Å². The van der Waals surface area contributed by atoms with Crippen molar-refractivity contribution in [1.82, 2.24) is 4.90 Å². The van der Waals surface area contributed by atoms with Gasteiger partial charge in [0.25, 0.3) is 0 Å². The quantitative estimate of drug-likeness (QED) is 0.711. The molecular formula is C12H18N2O3. The van der Waals surface area contributed by atoms with Gasteiger partial charge in [-0.05, 0) is 31.6 Å². The van der Waals surface area contributed by atoms with Crippen molar-refractivity contribution in [2.75, 3.05) is 6.54 Å². The van der Waals surface area contributed by atoms with Crippen LogP contribution >= 0.6 is 0 Å². The van der Waals surface area contributed by atoms with Gasteiger partial charge in [0.05, 0.1) is 11.8 Å². The van der Waals surface area contributed by atoms with E-state index in [1.165, 1.54) is 0 Å². The van der Waals surface area contributed by atoms with Gasteiger partial charge in [0.15, 0.2) is 0 Å². The van der Waals surface area contributed by atoms with Crippen LogP contribution in [0.2, 0.25) is 0 Å². The molecule has 0 aromatic heterocycles. The number of hydrogen-bond acceptors (Lipinski definition) is 3. The lowest BCUT2D eigenvalue weighted by Crippen LogP contribution is -2.39. The third kappa shape index (κ3) is 1.82. The van der Waals surface area contributed by atoms with Gasteiger partial charge >= 0.3 is 5.97 Å². The SMILES string of the molecule is NC1CC2CC(C1)N(C(=O)C1CC1C(=O)O)C2. The van der Waals surface area contributed by atoms with Gasteiger partial charge in [-0.2, -0.15) is 0 Å². The third-order valence-electron chi connectivity index (χ3n) is 4.42. The molecule has 1 saturated heterocycles. The Morgan fingerprint density at radius 1 is 1.12 bits per heavy atom. The fourth-order valence-corrected chi connectivity index (χ4v) is 3.51. The summed E-state index contributed by atoms with van der Waals surface area (Å²) in [6, 6.07) is 0.484. The zero-order valence-electron chi connectivity index (χ0n) is 9.71. The maximum atomic E-state index is 12.2. The van der Waals surface area contributed by atoms with Crippen molar-refractivity contribution in [3.05, 3.63) is 0 Å². The van der Waals surface area contributed by atoms with Gasteiger partial charge in [0.2, 0.25) is 5.91 Å². The predicted octanol–water partition coefficient (Wildman–Crippen LogP) is 0.0453. The van der Waals surface area contributed by atoms with Crippen LogP contribution in [0.1, 0.15) is 25.7 Å². The molecule has 3 rings (SSSR count). The average molecular weight is 238 g/mol. The number of likely N-dealkylation sites (tertiary alicyclic amines) is 1. The number of carbonyl (C=O) groups excluding carboxylic acids is 1. The molecule has 3 fully saturated rings. The number of nitrogens with two attached hydrogens (primary N) is 1. The molecular weight excluding hydrogens is 220 g/mol. The van der Waals surface area contributed by atoms with Gasteiger partial charge < -0.3 is 15.7 Å². The number of aliphatic carboxylic acids is 1. The van der Waals surface area contributed by atoms with Crippen molar-refractivity contribution >= 4 is 11.9 Å². The molecule has 0 radical (unpaired) electrons. The first kappa shape index (κ1) is 11.0. The number of carboxylic acid groups (broad SMARTS) is 1. The second-order valence-corrected chi connectivity index (χ2v) is 5.76. The van der Waals surface area contributed by atoms with E-state index in [0.29, 0.717) is 12.3 Å². The first-order valence-electron chi connectivity index (χ1n) is 6.35. The van der Waals surface area contributed by atoms with Gasteiger partial charge in [-0.15, -0.1) is 0 Å². The monoisotopic (exact) mass is 238 g/mol. The Balaban J connectivity index is 1.66. The van der Waals surface area contributed by atoms with E-state index in [0.717, 1.165) is 25.8 Å². The van der Waals surface area contributed by atoms with E-state index in [-0.39, 0.29) is 23.9 Å². The summed E-state index contributed by atoms with van der Waals surface area (Å²) in [5, 5.41) is 8.85. The van der Waals surface area contributed by atoms with Crippen molar-refractivity contribution in [3.63, 3.8) is 0 Å². The highest BCUT2D eigenvalue weighted by atomic mass is 16.4. The smallest absolute Gasteiger partial charge is 0.307 e. The summed E-state index contributed by atoms with van der Waals surface area (Å²) in [5.41, 5.74) is 5.95. The van der Waals surface area contributed by atoms with Crippen LogP contribution in [0, 0.1) is 17.8 Å². The molecule has 2 saturated carbocycles. The van der Waals surface area contributed by atoms with Gasteiger partial charge in [0.1, 0.15) is 0 Å². The van der Waals surface area contributed by atoms with Crippen LogP contribution in [0.25, 0.3) is 0 Å². The van der Waals surface area contributed by atoms with Gasteiger partial charge in [-0.1, -0.05) is 0 Å². The summed E-state index contributed by atoms with van der Waals surface area (Å²) in [7, 11) is 0. The first-order chi connectivity index (χ1) is 8.06. The van der Waals surface area contributed by atoms with Gasteiger partial charge in [-0.25, -0.2) is 0 Å². The number of carboxylic acids is 1. The maximum Gasteiger partial charge on any atom is 0.307 e. The molecule has 94 valence electrons. The molecule has 5 unspecified atom stereocenters. The zero-order valence-corrected chi connectivity index (χ0v) is 9.71. The van der Waals surface area contributed by atoms with E-state index < -0.39 is 11.9 Å². The van der Waals surface area contributed by atoms with Gasteiger partial charge in [-0.3, -0.25) is 9.59 Å². The van der Waals surface area contributed by atoms with Crippen LogP contribution < -0.4 is 5.73 Å². The number of rotatable bonds is 2. The van der Waals surface area contributed by atoms with E-state index in [1.807, 2.05) is 4.90 Å². The Morgan fingerprint density at radius 3 is 2.53 bits per heavy atom. The molecule has 5 nitrogen and oxygen atoms in total. The molecule has 2 bridgehead atoms. The highest BCUT2D eigenvalue weighted by Gasteiger charge is 2.52. The number of carbonyl (C=O) groups is 2. The standard InChI is InChI=1S/C12H18N2O3/c13-7-1-6-2-8(3-7)14(5-6)11(15)9-4-10(9)12(16)17/h6-10H,1-5,13H2,(H,16,17). The van der Waals surface area contributed by atoms with Crippen molar-refractivity contribution in [2.45, 2.75) is 37.8 Å². The number of hydrogen-bond donors (Lipinski definition) is 2. The molecule has 1 heterocycles.